The van der Waals surface area contributed by atoms with Crippen molar-refractivity contribution >= 4 is 0 Å². The van der Waals surface area contributed by atoms with E-state index in [9.17, 15) is 0 Å². The Hall–Kier alpha value is -0.0400. The Morgan fingerprint density at radius 3 is 2.00 bits per heavy atom. The van der Waals surface area contributed by atoms with Crippen molar-refractivity contribution in [3.8, 4) is 0 Å². The minimum Gasteiger partial charge on any atom is -0.319 e. The van der Waals surface area contributed by atoms with E-state index in [2.05, 4.69) is 12.4 Å². The van der Waals surface area contributed by atoms with E-state index < -0.39 is 0 Å². The van der Waals surface area contributed by atoms with Gasteiger partial charge in [0.05, 0.1) is 0 Å². The molecule has 0 radical (unpaired) electrons. The quantitative estimate of drug-likeness (QED) is 0.613. The van der Waals surface area contributed by atoms with Gasteiger partial charge in [-0.3, -0.25) is 0 Å². The molecule has 0 aromatic heterocycles. The summed E-state index contributed by atoms with van der Waals surface area (Å²) in [5.74, 6) is 3.24. The molecule has 0 aromatic carbocycles. The van der Waals surface area contributed by atoms with Gasteiger partial charge in [-0.25, -0.2) is 0 Å². The molecule has 0 heterocycles. The van der Waals surface area contributed by atoms with Gasteiger partial charge in [-0.1, -0.05) is 0 Å². The Morgan fingerprint density at radius 2 is 1.60 bits per heavy atom. The lowest BCUT2D eigenvalue weighted by atomic mass is 9.98. The van der Waals surface area contributed by atoms with Crippen molar-refractivity contribution in [2.75, 3.05) is 13.6 Å². The summed E-state index contributed by atoms with van der Waals surface area (Å²) in [6, 6.07) is 0. The van der Waals surface area contributed by atoms with Crippen molar-refractivity contribution in [3.63, 3.8) is 0 Å². The van der Waals surface area contributed by atoms with Gasteiger partial charge in [0.15, 0.2) is 0 Å². The summed E-state index contributed by atoms with van der Waals surface area (Å²) < 4.78 is 0. The summed E-state index contributed by atoms with van der Waals surface area (Å²) in [5.41, 5.74) is 0. The van der Waals surface area contributed by atoms with E-state index in [1.165, 1.54) is 32.2 Å². The molecule has 2 rings (SSSR count). The Labute approximate surface area is 63.2 Å². The number of rotatable bonds is 2. The summed E-state index contributed by atoms with van der Waals surface area (Å²) in [7, 11) is 2.08. The summed E-state index contributed by atoms with van der Waals surface area (Å²) in [4.78, 5) is 0. The van der Waals surface area contributed by atoms with Gasteiger partial charge in [-0.05, 0) is 57.0 Å². The first-order chi connectivity index (χ1) is 4.92. The molecule has 2 fully saturated rings. The standard InChI is InChI=1S/C9H17N/c1-10-6-9-7-2-3-8(9)5-4-7/h7-10H,2-6H2,1H3. The molecule has 2 aliphatic rings. The molecule has 0 spiro atoms. The number of nitrogens with one attached hydrogen (secondary N) is 1. The molecule has 1 nitrogen and oxygen atoms in total. The van der Waals surface area contributed by atoms with Crippen molar-refractivity contribution in [2.24, 2.45) is 17.8 Å². The maximum atomic E-state index is 3.31. The highest BCUT2D eigenvalue weighted by Gasteiger charge is 2.40. The van der Waals surface area contributed by atoms with Crippen molar-refractivity contribution in [1.82, 2.24) is 5.32 Å². The molecule has 0 unspecified atom stereocenters. The van der Waals surface area contributed by atoms with Crippen LogP contribution in [0.3, 0.4) is 0 Å². The molecule has 2 aliphatic carbocycles. The van der Waals surface area contributed by atoms with Gasteiger partial charge in [0.2, 0.25) is 0 Å². The lowest BCUT2D eigenvalue weighted by molar-refractivity contribution is 0.391. The van der Waals surface area contributed by atoms with Crippen molar-refractivity contribution in [1.29, 1.82) is 0 Å². The summed E-state index contributed by atoms with van der Waals surface area (Å²) in [5, 5.41) is 3.31. The van der Waals surface area contributed by atoms with Crippen LogP contribution in [0.4, 0.5) is 0 Å². The first-order valence-electron chi connectivity index (χ1n) is 4.56. The Balaban J connectivity index is 1.96. The van der Waals surface area contributed by atoms with Crippen LogP contribution in [0.5, 0.6) is 0 Å². The fourth-order valence-corrected chi connectivity index (χ4v) is 2.96. The van der Waals surface area contributed by atoms with E-state index in [0.29, 0.717) is 0 Å². The zero-order valence-corrected chi connectivity index (χ0v) is 6.77. The zero-order chi connectivity index (χ0) is 6.97. The second-order valence-corrected chi connectivity index (χ2v) is 3.90. The molecular formula is C9H17N. The van der Waals surface area contributed by atoms with Gasteiger partial charge < -0.3 is 5.32 Å². The van der Waals surface area contributed by atoms with Crippen molar-refractivity contribution in [2.45, 2.75) is 25.7 Å². The van der Waals surface area contributed by atoms with Gasteiger partial charge in [0.25, 0.3) is 0 Å². The minimum atomic E-state index is 1.05. The van der Waals surface area contributed by atoms with Crippen LogP contribution in [0.15, 0.2) is 0 Å². The van der Waals surface area contributed by atoms with Gasteiger partial charge in [-0.15, -0.1) is 0 Å². The van der Waals surface area contributed by atoms with Crippen LogP contribution < -0.4 is 5.32 Å². The maximum absolute atomic E-state index is 3.31. The largest absolute Gasteiger partial charge is 0.319 e. The second kappa shape index (κ2) is 2.54. The Morgan fingerprint density at radius 1 is 1.10 bits per heavy atom. The van der Waals surface area contributed by atoms with Crippen LogP contribution in [0.1, 0.15) is 25.7 Å². The first-order valence-corrected chi connectivity index (χ1v) is 4.56. The molecule has 0 aliphatic heterocycles. The van der Waals surface area contributed by atoms with Gasteiger partial charge >= 0.3 is 0 Å². The smallest absolute Gasteiger partial charge is 0.00182 e. The number of fused-ring (bicyclic) bond motifs is 2. The Bertz CT molecular complexity index is 102. The van der Waals surface area contributed by atoms with Crippen molar-refractivity contribution in [3.05, 3.63) is 0 Å². The van der Waals surface area contributed by atoms with E-state index in [1.807, 2.05) is 0 Å². The third-order valence-corrected chi connectivity index (χ3v) is 3.47. The highest BCUT2D eigenvalue weighted by Crippen LogP contribution is 2.48. The van der Waals surface area contributed by atoms with Gasteiger partial charge in [-0.2, -0.15) is 0 Å². The van der Waals surface area contributed by atoms with Crippen molar-refractivity contribution < 1.29 is 0 Å². The topological polar surface area (TPSA) is 12.0 Å². The molecule has 10 heavy (non-hydrogen) atoms. The lowest BCUT2D eigenvalue weighted by Gasteiger charge is -2.13. The minimum absolute atomic E-state index is 1.05. The fourth-order valence-electron chi connectivity index (χ4n) is 2.96. The normalized spacial score (nSPS) is 44.7. The van der Waals surface area contributed by atoms with E-state index in [-0.39, 0.29) is 0 Å². The summed E-state index contributed by atoms with van der Waals surface area (Å²) in [6.07, 6.45) is 6.10. The summed E-state index contributed by atoms with van der Waals surface area (Å²) in [6.45, 7) is 1.27. The number of hydrogen-bond acceptors (Lipinski definition) is 1. The molecule has 1 N–H and O–H groups in total. The predicted octanol–water partition coefficient (Wildman–Crippen LogP) is 1.64. The molecule has 0 amide bonds. The number of hydrogen-bond donors (Lipinski definition) is 1. The second-order valence-electron chi connectivity index (χ2n) is 3.90. The molecule has 1 heteroatoms. The van der Waals surface area contributed by atoms with E-state index >= 15 is 0 Å². The summed E-state index contributed by atoms with van der Waals surface area (Å²) >= 11 is 0. The molecule has 0 aromatic rings. The van der Waals surface area contributed by atoms with Gasteiger partial charge in [0.1, 0.15) is 0 Å². The van der Waals surface area contributed by atoms with Gasteiger partial charge in [0, 0.05) is 0 Å². The Kier molecular flexibility index (Phi) is 1.69. The monoisotopic (exact) mass is 139 g/mol. The molecule has 0 saturated heterocycles. The third-order valence-electron chi connectivity index (χ3n) is 3.47. The highest BCUT2D eigenvalue weighted by molar-refractivity contribution is 4.92. The van der Waals surface area contributed by atoms with Crippen LogP contribution in [0.25, 0.3) is 0 Å². The lowest BCUT2D eigenvalue weighted by Crippen LogP contribution is -2.21. The first kappa shape index (κ1) is 6.66. The molecule has 58 valence electrons. The average Bonchev–Trinajstić information content (AvgIpc) is 2.50. The van der Waals surface area contributed by atoms with Crippen LogP contribution in [0.2, 0.25) is 0 Å². The average molecular weight is 139 g/mol. The van der Waals surface area contributed by atoms with E-state index in [1.54, 1.807) is 0 Å². The van der Waals surface area contributed by atoms with Crippen LogP contribution >= 0.6 is 0 Å². The molecule has 2 saturated carbocycles. The fraction of sp³-hybridized carbons (Fsp3) is 1.00. The molecule has 0 atom stereocenters. The third kappa shape index (κ3) is 0.878. The van der Waals surface area contributed by atoms with E-state index in [4.69, 9.17) is 0 Å². The van der Waals surface area contributed by atoms with Crippen LogP contribution in [-0.2, 0) is 0 Å². The van der Waals surface area contributed by atoms with Crippen LogP contribution in [0, 0.1) is 17.8 Å². The zero-order valence-electron chi connectivity index (χ0n) is 6.77. The SMILES string of the molecule is CNCC1C2CCC1CC2. The van der Waals surface area contributed by atoms with E-state index in [0.717, 1.165) is 17.8 Å². The maximum Gasteiger partial charge on any atom is -0.00182 e. The molecule has 2 bridgehead atoms. The molecular weight excluding hydrogens is 122 g/mol. The predicted molar refractivity (Wildman–Crippen MR) is 42.9 cm³/mol. The van der Waals surface area contributed by atoms with Crippen LogP contribution in [-0.4, -0.2) is 13.6 Å². The highest BCUT2D eigenvalue weighted by atomic mass is 14.8.